The average molecular weight is 286 g/mol. The van der Waals surface area contributed by atoms with Crippen molar-refractivity contribution in [3.05, 3.63) is 65.3 Å². The number of fused-ring (bicyclic) bond motifs is 6. The summed E-state index contributed by atoms with van der Waals surface area (Å²) in [6, 6.07) is 12.9. The van der Waals surface area contributed by atoms with Gasteiger partial charge in [0.05, 0.1) is 0 Å². The van der Waals surface area contributed by atoms with Crippen LogP contribution in [-0.4, -0.2) is 0 Å². The largest absolute Gasteiger partial charge is 0.455 e. The van der Waals surface area contributed by atoms with Gasteiger partial charge < -0.3 is 4.42 Å². The number of rotatable bonds is 0. The molecule has 0 saturated heterocycles. The van der Waals surface area contributed by atoms with Crippen LogP contribution < -0.4 is 0 Å². The molecule has 108 valence electrons. The first kappa shape index (κ1) is 12.3. The summed E-state index contributed by atoms with van der Waals surface area (Å²) in [5.41, 5.74) is 7.88. The Kier molecular flexibility index (Phi) is 2.19. The molecule has 0 bridgehead atoms. The van der Waals surface area contributed by atoms with E-state index in [1.807, 2.05) is 6.07 Å². The first-order valence-corrected chi connectivity index (χ1v) is 8.03. The lowest BCUT2D eigenvalue weighted by molar-refractivity contribution is 0.644. The number of hydrogen-bond acceptors (Lipinski definition) is 1. The minimum absolute atomic E-state index is 0.0781. The zero-order chi connectivity index (χ0) is 14.9. The summed E-state index contributed by atoms with van der Waals surface area (Å²) in [6.07, 6.45) is 6.89. The molecule has 0 radical (unpaired) electrons. The molecule has 0 saturated carbocycles. The predicted molar refractivity (Wildman–Crippen MR) is 92.0 cm³/mol. The van der Waals surface area contributed by atoms with Gasteiger partial charge in [0.1, 0.15) is 11.2 Å². The van der Waals surface area contributed by atoms with Crippen molar-refractivity contribution in [3.63, 3.8) is 0 Å². The van der Waals surface area contributed by atoms with E-state index in [1.54, 1.807) is 0 Å². The van der Waals surface area contributed by atoms with Gasteiger partial charge in [0.2, 0.25) is 0 Å². The predicted octanol–water partition coefficient (Wildman–Crippen LogP) is 5.98. The lowest BCUT2D eigenvalue weighted by atomic mass is 9.80. The normalized spacial score (nSPS) is 19.0. The first-order chi connectivity index (χ1) is 10.7. The van der Waals surface area contributed by atoms with Crippen LogP contribution in [0.2, 0.25) is 0 Å². The van der Waals surface area contributed by atoms with E-state index in [2.05, 4.69) is 56.3 Å². The van der Waals surface area contributed by atoms with Crippen molar-refractivity contribution >= 4 is 27.5 Å². The standard InChI is InChI=1S/C21H18O/c1-21(2)16-9-5-3-8-15(16)19-17(21)12-11-14-13-7-4-6-10-18(13)22-20(14)19/h4-7,9-12H,3,8H2,1-2H3. The van der Waals surface area contributed by atoms with Crippen LogP contribution >= 0.6 is 0 Å². The number of benzene rings is 2. The molecular formula is C21H18O. The highest BCUT2D eigenvalue weighted by Crippen LogP contribution is 2.52. The van der Waals surface area contributed by atoms with Crippen LogP contribution in [0.15, 0.2) is 58.5 Å². The molecule has 3 aromatic rings. The minimum Gasteiger partial charge on any atom is -0.455 e. The third kappa shape index (κ3) is 1.34. The third-order valence-electron chi connectivity index (χ3n) is 5.37. The van der Waals surface area contributed by atoms with E-state index < -0.39 is 0 Å². The van der Waals surface area contributed by atoms with E-state index in [9.17, 15) is 0 Å². The van der Waals surface area contributed by atoms with Gasteiger partial charge >= 0.3 is 0 Å². The zero-order valence-electron chi connectivity index (χ0n) is 12.9. The maximum atomic E-state index is 6.28. The molecule has 0 fully saturated rings. The summed E-state index contributed by atoms with van der Waals surface area (Å²) < 4.78 is 6.28. The fraction of sp³-hybridized carbons (Fsp3) is 0.238. The van der Waals surface area contributed by atoms with Gasteiger partial charge in [-0.15, -0.1) is 0 Å². The second-order valence-corrected chi connectivity index (χ2v) is 6.92. The Balaban J connectivity index is 1.96. The van der Waals surface area contributed by atoms with E-state index in [-0.39, 0.29) is 5.41 Å². The summed E-state index contributed by atoms with van der Waals surface area (Å²) in [5.74, 6) is 0. The van der Waals surface area contributed by atoms with Crippen LogP contribution in [0.25, 0.3) is 27.5 Å². The molecule has 0 N–H and O–H groups in total. The Morgan fingerprint density at radius 1 is 1.00 bits per heavy atom. The number of allylic oxidation sites excluding steroid dienone is 4. The molecule has 1 heteroatoms. The van der Waals surface area contributed by atoms with E-state index >= 15 is 0 Å². The Hall–Kier alpha value is -2.28. The number of hydrogen-bond donors (Lipinski definition) is 0. The monoisotopic (exact) mass is 286 g/mol. The Bertz CT molecular complexity index is 995. The fourth-order valence-electron chi connectivity index (χ4n) is 4.26. The quantitative estimate of drug-likeness (QED) is 0.495. The van der Waals surface area contributed by atoms with Crippen molar-refractivity contribution in [1.29, 1.82) is 0 Å². The maximum Gasteiger partial charge on any atom is 0.143 e. The van der Waals surface area contributed by atoms with Gasteiger partial charge in [-0.25, -0.2) is 0 Å². The number of para-hydroxylation sites is 1. The molecular weight excluding hydrogens is 268 g/mol. The molecule has 0 aliphatic heterocycles. The molecule has 1 nitrogen and oxygen atoms in total. The summed E-state index contributed by atoms with van der Waals surface area (Å²) in [6.45, 7) is 4.66. The van der Waals surface area contributed by atoms with Gasteiger partial charge in [0.15, 0.2) is 0 Å². The van der Waals surface area contributed by atoms with Crippen LogP contribution in [0.4, 0.5) is 0 Å². The summed E-state index contributed by atoms with van der Waals surface area (Å²) in [4.78, 5) is 0. The SMILES string of the molecule is CC1(C)C2=C(CCC=C2)c2c1ccc1c2oc2ccccc21. The molecule has 5 rings (SSSR count). The molecule has 1 heterocycles. The van der Waals surface area contributed by atoms with Crippen LogP contribution in [0.3, 0.4) is 0 Å². The minimum atomic E-state index is 0.0781. The van der Waals surface area contributed by atoms with Crippen LogP contribution in [0, 0.1) is 0 Å². The highest BCUT2D eigenvalue weighted by Gasteiger charge is 2.38. The third-order valence-corrected chi connectivity index (χ3v) is 5.37. The first-order valence-electron chi connectivity index (χ1n) is 8.03. The van der Waals surface area contributed by atoms with Gasteiger partial charge in [-0.2, -0.15) is 0 Å². The molecule has 1 aromatic heterocycles. The molecule has 0 atom stereocenters. The van der Waals surface area contributed by atoms with E-state index in [1.165, 1.54) is 33.0 Å². The maximum absolute atomic E-state index is 6.28. The molecule has 0 spiro atoms. The van der Waals surface area contributed by atoms with Crippen molar-refractivity contribution < 1.29 is 4.42 Å². The van der Waals surface area contributed by atoms with Gasteiger partial charge in [-0.05, 0) is 35.6 Å². The van der Waals surface area contributed by atoms with Gasteiger partial charge in [-0.3, -0.25) is 0 Å². The highest BCUT2D eigenvalue weighted by molar-refractivity contribution is 6.10. The fourth-order valence-corrected chi connectivity index (χ4v) is 4.26. The van der Waals surface area contributed by atoms with Crippen molar-refractivity contribution in [2.75, 3.05) is 0 Å². The topological polar surface area (TPSA) is 13.1 Å². The Morgan fingerprint density at radius 3 is 2.77 bits per heavy atom. The average Bonchev–Trinajstić information content (AvgIpc) is 3.02. The second kappa shape index (κ2) is 3.92. The van der Waals surface area contributed by atoms with E-state index in [0.717, 1.165) is 24.0 Å². The smallest absolute Gasteiger partial charge is 0.143 e. The second-order valence-electron chi connectivity index (χ2n) is 6.92. The van der Waals surface area contributed by atoms with Crippen LogP contribution in [-0.2, 0) is 5.41 Å². The molecule has 2 aliphatic carbocycles. The molecule has 2 aliphatic rings. The Labute approximate surface area is 129 Å². The van der Waals surface area contributed by atoms with Crippen molar-refractivity contribution in [2.45, 2.75) is 32.1 Å². The lowest BCUT2D eigenvalue weighted by Gasteiger charge is -2.23. The van der Waals surface area contributed by atoms with Crippen molar-refractivity contribution in [1.82, 2.24) is 0 Å². The molecule has 0 amide bonds. The molecule has 2 aromatic carbocycles. The van der Waals surface area contributed by atoms with Crippen LogP contribution in [0.1, 0.15) is 37.8 Å². The number of furan rings is 1. The zero-order valence-corrected chi connectivity index (χ0v) is 12.9. The van der Waals surface area contributed by atoms with E-state index in [0.29, 0.717) is 0 Å². The van der Waals surface area contributed by atoms with E-state index in [4.69, 9.17) is 4.42 Å². The van der Waals surface area contributed by atoms with Crippen LogP contribution in [0.5, 0.6) is 0 Å². The Morgan fingerprint density at radius 2 is 1.86 bits per heavy atom. The molecule has 22 heavy (non-hydrogen) atoms. The van der Waals surface area contributed by atoms with Crippen molar-refractivity contribution in [2.24, 2.45) is 0 Å². The van der Waals surface area contributed by atoms with Gasteiger partial charge in [0.25, 0.3) is 0 Å². The van der Waals surface area contributed by atoms with Gasteiger partial charge in [-0.1, -0.05) is 56.3 Å². The summed E-state index contributed by atoms with van der Waals surface area (Å²) in [5, 5.41) is 2.46. The van der Waals surface area contributed by atoms with Gasteiger partial charge in [0, 0.05) is 21.8 Å². The van der Waals surface area contributed by atoms with Crippen molar-refractivity contribution in [3.8, 4) is 0 Å². The molecule has 0 unspecified atom stereocenters. The highest BCUT2D eigenvalue weighted by atomic mass is 16.3. The summed E-state index contributed by atoms with van der Waals surface area (Å²) >= 11 is 0. The lowest BCUT2D eigenvalue weighted by Crippen LogP contribution is -2.16. The summed E-state index contributed by atoms with van der Waals surface area (Å²) in [7, 11) is 0.